The predicted octanol–water partition coefficient (Wildman–Crippen LogP) is 1.34. The minimum atomic E-state index is -0.483. The molecule has 0 saturated carbocycles. The van der Waals surface area contributed by atoms with Crippen molar-refractivity contribution in [1.29, 1.82) is 0 Å². The van der Waals surface area contributed by atoms with E-state index in [1.165, 1.54) is 12.4 Å². The van der Waals surface area contributed by atoms with Gasteiger partial charge in [0.2, 0.25) is 11.9 Å². The van der Waals surface area contributed by atoms with Gasteiger partial charge in [0, 0.05) is 38.3 Å². The summed E-state index contributed by atoms with van der Waals surface area (Å²) in [6.45, 7) is 2.91. The molecule has 0 unspecified atom stereocenters. The molecule has 1 saturated heterocycles. The molecule has 1 aliphatic heterocycles. The zero-order chi connectivity index (χ0) is 11.5. The van der Waals surface area contributed by atoms with E-state index in [1.807, 2.05) is 0 Å². The van der Waals surface area contributed by atoms with Crippen molar-refractivity contribution in [1.82, 2.24) is 14.9 Å². The van der Waals surface area contributed by atoms with E-state index < -0.39 is 5.95 Å². The molecule has 0 spiro atoms. The van der Waals surface area contributed by atoms with Crippen molar-refractivity contribution in [3.05, 3.63) is 24.0 Å². The standard InChI is InChI=1S/C11H14FN3O/c1-8(16)15-6-2-9(3-7-15)10-11(12)14-5-4-13-10/h4-5,9H,2-3,6-7H2,1H3. The summed E-state index contributed by atoms with van der Waals surface area (Å²) < 4.78 is 13.4. The number of rotatable bonds is 1. The summed E-state index contributed by atoms with van der Waals surface area (Å²) in [5.74, 6) is -0.314. The number of aromatic nitrogens is 2. The molecule has 0 N–H and O–H groups in total. The normalized spacial score (nSPS) is 17.5. The molecular weight excluding hydrogens is 209 g/mol. The molecule has 86 valence electrons. The zero-order valence-corrected chi connectivity index (χ0v) is 9.19. The Morgan fingerprint density at radius 2 is 2.00 bits per heavy atom. The third-order valence-electron chi connectivity index (χ3n) is 3.01. The number of carbonyl (C=O) groups excluding carboxylic acids is 1. The molecule has 2 rings (SSSR count). The Kier molecular flexibility index (Phi) is 3.12. The van der Waals surface area contributed by atoms with Gasteiger partial charge in [-0.05, 0) is 12.8 Å². The van der Waals surface area contributed by atoms with Crippen LogP contribution in [0.25, 0.3) is 0 Å². The Morgan fingerprint density at radius 1 is 1.38 bits per heavy atom. The highest BCUT2D eigenvalue weighted by molar-refractivity contribution is 5.73. The topological polar surface area (TPSA) is 46.1 Å². The number of piperidine rings is 1. The van der Waals surface area contributed by atoms with E-state index in [4.69, 9.17) is 0 Å². The lowest BCUT2D eigenvalue weighted by Gasteiger charge is -2.30. The van der Waals surface area contributed by atoms with Crippen molar-refractivity contribution in [3.63, 3.8) is 0 Å². The molecule has 16 heavy (non-hydrogen) atoms. The number of carbonyl (C=O) groups is 1. The summed E-state index contributed by atoms with van der Waals surface area (Å²) in [5.41, 5.74) is 0.436. The highest BCUT2D eigenvalue weighted by Gasteiger charge is 2.25. The Morgan fingerprint density at radius 3 is 2.56 bits per heavy atom. The maximum absolute atomic E-state index is 13.4. The van der Waals surface area contributed by atoms with Crippen LogP contribution in [-0.4, -0.2) is 33.9 Å². The van der Waals surface area contributed by atoms with Gasteiger partial charge in [-0.3, -0.25) is 9.78 Å². The molecule has 1 amide bonds. The molecule has 1 fully saturated rings. The number of hydrogen-bond acceptors (Lipinski definition) is 3. The third kappa shape index (κ3) is 2.18. The predicted molar refractivity (Wildman–Crippen MR) is 56.2 cm³/mol. The molecule has 0 aliphatic carbocycles. The van der Waals surface area contributed by atoms with Gasteiger partial charge >= 0.3 is 0 Å². The second-order valence-electron chi connectivity index (χ2n) is 4.01. The van der Waals surface area contributed by atoms with E-state index in [2.05, 4.69) is 9.97 Å². The summed E-state index contributed by atoms with van der Waals surface area (Å²) in [6.07, 6.45) is 4.38. The quantitative estimate of drug-likeness (QED) is 0.721. The van der Waals surface area contributed by atoms with Gasteiger partial charge in [-0.15, -0.1) is 0 Å². The van der Waals surface area contributed by atoms with Gasteiger partial charge in [-0.2, -0.15) is 4.39 Å². The summed E-state index contributed by atoms with van der Waals surface area (Å²) in [5, 5.41) is 0. The van der Waals surface area contributed by atoms with Crippen molar-refractivity contribution in [2.75, 3.05) is 13.1 Å². The monoisotopic (exact) mass is 223 g/mol. The number of halogens is 1. The van der Waals surface area contributed by atoms with Gasteiger partial charge in [0.05, 0.1) is 5.69 Å². The smallest absolute Gasteiger partial charge is 0.234 e. The highest BCUT2D eigenvalue weighted by atomic mass is 19.1. The van der Waals surface area contributed by atoms with E-state index in [9.17, 15) is 9.18 Å². The van der Waals surface area contributed by atoms with Crippen molar-refractivity contribution >= 4 is 5.91 Å². The van der Waals surface area contributed by atoms with Crippen LogP contribution in [0.5, 0.6) is 0 Å². The highest BCUT2D eigenvalue weighted by Crippen LogP contribution is 2.27. The van der Waals surface area contributed by atoms with Crippen LogP contribution in [0.1, 0.15) is 31.4 Å². The van der Waals surface area contributed by atoms with Crippen molar-refractivity contribution < 1.29 is 9.18 Å². The maximum Gasteiger partial charge on any atom is 0.234 e. The van der Waals surface area contributed by atoms with Gasteiger partial charge in [0.15, 0.2) is 0 Å². The summed E-state index contributed by atoms with van der Waals surface area (Å²) >= 11 is 0. The summed E-state index contributed by atoms with van der Waals surface area (Å²) in [6, 6.07) is 0. The first-order valence-electron chi connectivity index (χ1n) is 5.40. The van der Waals surface area contributed by atoms with Crippen LogP contribution < -0.4 is 0 Å². The summed E-state index contributed by atoms with van der Waals surface area (Å²) in [7, 11) is 0. The molecule has 1 aromatic rings. The first-order valence-corrected chi connectivity index (χ1v) is 5.40. The molecule has 0 bridgehead atoms. The van der Waals surface area contributed by atoms with E-state index in [0.717, 1.165) is 12.8 Å². The van der Waals surface area contributed by atoms with E-state index in [0.29, 0.717) is 18.8 Å². The van der Waals surface area contributed by atoms with Crippen LogP contribution in [0.15, 0.2) is 12.4 Å². The van der Waals surface area contributed by atoms with Gasteiger partial charge in [-0.25, -0.2) is 4.98 Å². The molecule has 1 aromatic heterocycles. The van der Waals surface area contributed by atoms with E-state index >= 15 is 0 Å². The lowest BCUT2D eigenvalue weighted by Crippen LogP contribution is -2.36. The summed E-state index contributed by atoms with van der Waals surface area (Å²) in [4.78, 5) is 20.5. The lowest BCUT2D eigenvalue weighted by molar-refractivity contribution is -0.129. The van der Waals surface area contributed by atoms with Crippen LogP contribution >= 0.6 is 0 Å². The fourth-order valence-electron chi connectivity index (χ4n) is 2.07. The second-order valence-corrected chi connectivity index (χ2v) is 4.01. The van der Waals surface area contributed by atoms with Crippen LogP contribution in [0.2, 0.25) is 0 Å². The maximum atomic E-state index is 13.4. The van der Waals surface area contributed by atoms with E-state index in [1.54, 1.807) is 11.8 Å². The van der Waals surface area contributed by atoms with Gasteiger partial charge in [-0.1, -0.05) is 0 Å². The minimum absolute atomic E-state index is 0.0815. The Hall–Kier alpha value is -1.52. The van der Waals surface area contributed by atoms with Gasteiger partial charge in [0.1, 0.15) is 0 Å². The zero-order valence-electron chi connectivity index (χ0n) is 9.19. The van der Waals surface area contributed by atoms with Gasteiger partial charge < -0.3 is 4.90 Å². The molecule has 1 aliphatic rings. The third-order valence-corrected chi connectivity index (χ3v) is 3.01. The fourth-order valence-corrected chi connectivity index (χ4v) is 2.07. The van der Waals surface area contributed by atoms with Crippen molar-refractivity contribution in [2.45, 2.75) is 25.7 Å². The van der Waals surface area contributed by atoms with Crippen LogP contribution in [0.4, 0.5) is 4.39 Å². The molecule has 5 heteroatoms. The van der Waals surface area contributed by atoms with Crippen LogP contribution in [0.3, 0.4) is 0 Å². The number of nitrogens with zero attached hydrogens (tertiary/aromatic N) is 3. The molecular formula is C11H14FN3O. The van der Waals surface area contributed by atoms with Crippen LogP contribution in [-0.2, 0) is 4.79 Å². The average Bonchev–Trinajstić information content (AvgIpc) is 2.30. The average molecular weight is 223 g/mol. The molecule has 0 radical (unpaired) electrons. The largest absolute Gasteiger partial charge is 0.343 e. The van der Waals surface area contributed by atoms with Crippen molar-refractivity contribution in [2.24, 2.45) is 0 Å². The molecule has 2 heterocycles. The van der Waals surface area contributed by atoms with Crippen LogP contribution in [0, 0.1) is 5.95 Å². The fraction of sp³-hybridized carbons (Fsp3) is 0.545. The molecule has 4 nitrogen and oxygen atoms in total. The number of amides is 1. The lowest BCUT2D eigenvalue weighted by atomic mass is 9.93. The number of likely N-dealkylation sites (tertiary alicyclic amines) is 1. The second kappa shape index (κ2) is 4.55. The Balaban J connectivity index is 2.05. The SMILES string of the molecule is CC(=O)N1CCC(c2nccnc2F)CC1. The first kappa shape index (κ1) is 11.0. The van der Waals surface area contributed by atoms with Gasteiger partial charge in [0.25, 0.3) is 0 Å². The minimum Gasteiger partial charge on any atom is -0.343 e. The Bertz CT molecular complexity index is 389. The van der Waals surface area contributed by atoms with Crippen molar-refractivity contribution in [3.8, 4) is 0 Å². The Labute approximate surface area is 93.5 Å². The van der Waals surface area contributed by atoms with E-state index in [-0.39, 0.29) is 11.8 Å². The number of hydrogen-bond donors (Lipinski definition) is 0. The first-order chi connectivity index (χ1) is 7.68. The molecule has 0 aromatic carbocycles. The molecule has 0 atom stereocenters.